The van der Waals surface area contributed by atoms with Crippen LogP contribution in [0.2, 0.25) is 0 Å². The summed E-state index contributed by atoms with van der Waals surface area (Å²) in [5.74, 6) is -0.153. The Labute approximate surface area is 232 Å². The van der Waals surface area contributed by atoms with E-state index < -0.39 is 5.97 Å². The highest BCUT2D eigenvalue weighted by molar-refractivity contribution is 7.14. The second kappa shape index (κ2) is 11.3. The average molecular weight is 539 g/mol. The Morgan fingerprint density at radius 1 is 1.10 bits per heavy atom. The van der Waals surface area contributed by atoms with Crippen LogP contribution in [0.1, 0.15) is 40.7 Å². The number of hydrogen-bond donors (Lipinski definition) is 1. The number of aryl methyl sites for hydroxylation is 3. The fourth-order valence-corrected chi connectivity index (χ4v) is 5.86. The molecule has 2 aromatic heterocycles. The molecule has 8 heteroatoms. The highest BCUT2D eigenvalue weighted by Gasteiger charge is 2.26. The van der Waals surface area contributed by atoms with E-state index >= 15 is 0 Å². The average Bonchev–Trinajstić information content (AvgIpc) is 3.43. The van der Waals surface area contributed by atoms with Crippen molar-refractivity contribution in [1.29, 1.82) is 5.26 Å². The minimum absolute atomic E-state index is 0.266. The predicted octanol–water partition coefficient (Wildman–Crippen LogP) is 6.55. The fraction of sp³-hybridized carbons (Fsp3) is 0.290. The van der Waals surface area contributed by atoms with Crippen LogP contribution in [-0.2, 0) is 11.4 Å². The highest BCUT2D eigenvalue weighted by atomic mass is 32.1. The van der Waals surface area contributed by atoms with Crippen molar-refractivity contribution in [1.82, 2.24) is 9.97 Å². The van der Waals surface area contributed by atoms with E-state index in [1.54, 1.807) is 23.6 Å². The molecule has 2 aromatic carbocycles. The summed E-state index contributed by atoms with van der Waals surface area (Å²) in [5, 5.41) is 21.3. The van der Waals surface area contributed by atoms with Crippen LogP contribution in [0, 0.1) is 38.0 Å². The summed E-state index contributed by atoms with van der Waals surface area (Å²) in [5.41, 5.74) is 8.58. The molecule has 1 N–H and O–H groups in total. The molecular weight excluding hydrogens is 508 g/mol. The number of carboxylic acid groups (broad SMARTS) is 1. The van der Waals surface area contributed by atoms with Gasteiger partial charge < -0.3 is 14.7 Å². The van der Waals surface area contributed by atoms with Gasteiger partial charge in [0.2, 0.25) is 0 Å². The smallest absolute Gasteiger partial charge is 0.306 e. The van der Waals surface area contributed by atoms with E-state index in [0.717, 1.165) is 55.6 Å². The van der Waals surface area contributed by atoms with Crippen molar-refractivity contribution in [2.75, 3.05) is 18.0 Å². The van der Waals surface area contributed by atoms with Gasteiger partial charge in [0.05, 0.1) is 22.9 Å². The van der Waals surface area contributed by atoms with Gasteiger partial charge in [0.1, 0.15) is 18.4 Å². The number of aliphatic carboxylic acids is 1. The third-order valence-electron chi connectivity index (χ3n) is 7.20. The minimum atomic E-state index is -0.706. The van der Waals surface area contributed by atoms with Gasteiger partial charge in [0, 0.05) is 35.8 Å². The summed E-state index contributed by atoms with van der Waals surface area (Å²) in [7, 11) is 0. The Balaban J connectivity index is 1.34. The molecule has 0 aliphatic carbocycles. The lowest BCUT2D eigenvalue weighted by molar-refractivity contribution is -0.142. The molecule has 0 spiro atoms. The lowest BCUT2D eigenvalue weighted by Gasteiger charge is -2.29. The van der Waals surface area contributed by atoms with Crippen molar-refractivity contribution >= 4 is 22.4 Å². The number of nitrogens with zero attached hydrogens (tertiary/aromatic N) is 4. The molecule has 39 heavy (non-hydrogen) atoms. The van der Waals surface area contributed by atoms with Gasteiger partial charge in [-0.15, -0.1) is 11.3 Å². The number of thiazole rings is 1. The van der Waals surface area contributed by atoms with Crippen LogP contribution < -0.4 is 9.64 Å². The maximum atomic E-state index is 11.3. The quantitative estimate of drug-likeness (QED) is 0.285. The first-order valence-electron chi connectivity index (χ1n) is 13.0. The summed E-state index contributed by atoms with van der Waals surface area (Å²) in [6, 6.07) is 16.2. The van der Waals surface area contributed by atoms with E-state index in [9.17, 15) is 9.90 Å². The number of rotatable bonds is 7. The summed E-state index contributed by atoms with van der Waals surface area (Å²) in [4.78, 5) is 22.8. The first-order valence-corrected chi connectivity index (χ1v) is 13.8. The third-order valence-corrected chi connectivity index (χ3v) is 8.11. The van der Waals surface area contributed by atoms with E-state index in [4.69, 9.17) is 15.0 Å². The van der Waals surface area contributed by atoms with E-state index in [-0.39, 0.29) is 5.92 Å². The normalized spacial score (nSPS) is 13.7. The monoisotopic (exact) mass is 538 g/mol. The number of anilines is 1. The molecule has 1 aliphatic rings. The first kappa shape index (κ1) is 26.4. The summed E-state index contributed by atoms with van der Waals surface area (Å²) < 4.78 is 6.45. The molecule has 0 unspecified atom stereocenters. The van der Waals surface area contributed by atoms with Gasteiger partial charge in [-0.05, 0) is 80.1 Å². The maximum Gasteiger partial charge on any atom is 0.306 e. The van der Waals surface area contributed by atoms with Crippen molar-refractivity contribution in [2.24, 2.45) is 5.92 Å². The van der Waals surface area contributed by atoms with Crippen molar-refractivity contribution in [3.05, 3.63) is 81.9 Å². The molecule has 0 saturated carbocycles. The Kier molecular flexibility index (Phi) is 7.62. The predicted molar refractivity (Wildman–Crippen MR) is 153 cm³/mol. The van der Waals surface area contributed by atoms with Gasteiger partial charge >= 0.3 is 5.97 Å². The van der Waals surface area contributed by atoms with E-state index in [0.29, 0.717) is 38.1 Å². The minimum Gasteiger partial charge on any atom is -0.488 e. The number of ether oxygens (including phenoxy) is 1. The number of nitriles is 1. The van der Waals surface area contributed by atoms with Gasteiger partial charge in [-0.25, -0.2) is 4.98 Å². The molecule has 5 rings (SSSR count). The Morgan fingerprint density at radius 3 is 2.56 bits per heavy atom. The SMILES string of the molecule is Cc1cc(C)c(OCc2ccc(-c3ccc(C#N)cn3)cc2C)c(-c2csc(N3CCC(C(=O)O)CC3)n2)c1. The van der Waals surface area contributed by atoms with E-state index in [1.165, 1.54) is 0 Å². The first-order chi connectivity index (χ1) is 18.8. The zero-order valence-corrected chi connectivity index (χ0v) is 23.1. The summed E-state index contributed by atoms with van der Waals surface area (Å²) >= 11 is 1.59. The lowest BCUT2D eigenvalue weighted by atomic mass is 9.97. The Bertz CT molecular complexity index is 1550. The molecule has 0 radical (unpaired) electrons. The van der Waals surface area contributed by atoms with Crippen molar-refractivity contribution in [2.45, 2.75) is 40.2 Å². The van der Waals surface area contributed by atoms with Crippen LogP contribution in [-0.4, -0.2) is 34.1 Å². The molecule has 3 heterocycles. The second-order valence-corrected chi connectivity index (χ2v) is 10.9. The molecule has 0 bridgehead atoms. The molecule has 198 valence electrons. The highest BCUT2D eigenvalue weighted by Crippen LogP contribution is 2.38. The van der Waals surface area contributed by atoms with Crippen LogP contribution in [0.25, 0.3) is 22.5 Å². The van der Waals surface area contributed by atoms with Crippen molar-refractivity contribution in [3.63, 3.8) is 0 Å². The van der Waals surface area contributed by atoms with Gasteiger partial charge in [-0.1, -0.05) is 18.2 Å². The summed E-state index contributed by atoms with van der Waals surface area (Å²) in [6.07, 6.45) is 2.87. The van der Waals surface area contributed by atoms with E-state index in [1.807, 2.05) is 12.1 Å². The number of pyridine rings is 1. The van der Waals surface area contributed by atoms with Crippen LogP contribution in [0.5, 0.6) is 5.75 Å². The Morgan fingerprint density at radius 2 is 1.90 bits per heavy atom. The molecule has 1 aliphatic heterocycles. The zero-order chi connectivity index (χ0) is 27.5. The zero-order valence-electron chi connectivity index (χ0n) is 22.3. The van der Waals surface area contributed by atoms with Gasteiger partial charge in [-0.3, -0.25) is 9.78 Å². The fourth-order valence-electron chi connectivity index (χ4n) is 4.98. The topological polar surface area (TPSA) is 99.3 Å². The molecular formula is C31H30N4O3S. The molecule has 7 nitrogen and oxygen atoms in total. The third kappa shape index (κ3) is 5.79. The lowest BCUT2D eigenvalue weighted by Crippen LogP contribution is -2.36. The summed E-state index contributed by atoms with van der Waals surface area (Å²) in [6.45, 7) is 8.02. The second-order valence-electron chi connectivity index (χ2n) is 10.0. The largest absolute Gasteiger partial charge is 0.488 e. The number of aromatic nitrogens is 2. The van der Waals surface area contributed by atoms with Gasteiger partial charge in [-0.2, -0.15) is 5.26 Å². The number of hydrogen-bond acceptors (Lipinski definition) is 7. The van der Waals surface area contributed by atoms with Crippen molar-refractivity contribution < 1.29 is 14.6 Å². The number of piperidine rings is 1. The standard InChI is InChI=1S/C31H30N4O3S/c1-19-12-21(3)29(26(13-19)28-18-39-31(34-28)35-10-8-23(9-11-35)30(36)37)38-17-25-6-5-24(14-20(25)2)27-7-4-22(15-32)16-33-27/h4-7,12-14,16,18,23H,8-11,17H2,1-3H3,(H,36,37). The molecule has 1 fully saturated rings. The van der Waals surface area contributed by atoms with Crippen molar-refractivity contribution in [3.8, 4) is 34.3 Å². The molecule has 4 aromatic rings. The van der Waals surface area contributed by atoms with Crippen LogP contribution in [0.3, 0.4) is 0 Å². The Hall–Kier alpha value is -4.22. The van der Waals surface area contributed by atoms with Gasteiger partial charge in [0.25, 0.3) is 0 Å². The van der Waals surface area contributed by atoms with Crippen LogP contribution in [0.4, 0.5) is 5.13 Å². The van der Waals surface area contributed by atoms with E-state index in [2.05, 4.69) is 66.4 Å². The van der Waals surface area contributed by atoms with Crippen LogP contribution in [0.15, 0.2) is 54.0 Å². The molecule has 1 saturated heterocycles. The molecule has 0 amide bonds. The maximum absolute atomic E-state index is 11.3. The molecule has 0 atom stereocenters. The number of carboxylic acids is 1. The number of carbonyl (C=O) groups is 1. The van der Waals surface area contributed by atoms with Gasteiger partial charge in [0.15, 0.2) is 5.13 Å². The number of benzene rings is 2. The van der Waals surface area contributed by atoms with Crippen LogP contribution >= 0.6 is 11.3 Å².